The van der Waals surface area contributed by atoms with E-state index in [1.807, 2.05) is 13.8 Å². The molecule has 0 unspecified atom stereocenters. The quantitative estimate of drug-likeness (QED) is 0.836. The number of amides is 1. The molecule has 0 atom stereocenters. The molecule has 2 N–H and O–H groups in total. The Hall–Kier alpha value is -2.51. The molecule has 0 aliphatic carbocycles. The summed E-state index contributed by atoms with van der Waals surface area (Å²) in [6.45, 7) is 5.80. The monoisotopic (exact) mass is 276 g/mol. The molecular weight excluding hydrogens is 260 g/mol. The van der Waals surface area contributed by atoms with Crippen molar-refractivity contribution in [2.24, 2.45) is 0 Å². The molecule has 106 valence electrons. The van der Waals surface area contributed by atoms with Gasteiger partial charge in [0.15, 0.2) is 0 Å². The first-order valence-corrected chi connectivity index (χ1v) is 6.20. The van der Waals surface area contributed by atoms with Gasteiger partial charge >= 0.3 is 0 Å². The number of rotatable bonds is 4. The third kappa shape index (κ3) is 3.08. The van der Waals surface area contributed by atoms with E-state index in [2.05, 4.69) is 25.8 Å². The lowest BCUT2D eigenvalue weighted by atomic mass is 10.2. The van der Waals surface area contributed by atoms with Crippen LogP contribution in [0.15, 0.2) is 10.9 Å². The zero-order valence-corrected chi connectivity index (χ0v) is 11.6. The number of pyridine rings is 1. The van der Waals surface area contributed by atoms with Crippen molar-refractivity contribution in [3.05, 3.63) is 33.5 Å². The maximum absolute atomic E-state index is 11.8. The molecule has 0 bridgehead atoms. The van der Waals surface area contributed by atoms with Crippen molar-refractivity contribution in [3.8, 4) is 0 Å². The number of hydrogen-bond donors (Lipinski definition) is 2. The van der Waals surface area contributed by atoms with Crippen molar-refractivity contribution in [1.82, 2.24) is 25.2 Å². The first kappa shape index (κ1) is 13.9. The average molecular weight is 276 g/mol. The summed E-state index contributed by atoms with van der Waals surface area (Å²) < 4.78 is 1.53. The van der Waals surface area contributed by atoms with Crippen molar-refractivity contribution in [2.75, 3.05) is 5.32 Å². The van der Waals surface area contributed by atoms with Gasteiger partial charge in [-0.15, -0.1) is 5.10 Å². The van der Waals surface area contributed by atoms with Gasteiger partial charge in [0.2, 0.25) is 5.91 Å². The number of carbonyl (C=O) groups is 1. The van der Waals surface area contributed by atoms with E-state index in [4.69, 9.17) is 0 Å². The van der Waals surface area contributed by atoms with Crippen LogP contribution in [0.3, 0.4) is 0 Å². The number of aryl methyl sites for hydroxylation is 4. The molecule has 2 aromatic rings. The van der Waals surface area contributed by atoms with E-state index in [1.54, 1.807) is 13.0 Å². The predicted octanol–water partition coefficient (Wildman–Crippen LogP) is 0.315. The highest BCUT2D eigenvalue weighted by molar-refractivity contribution is 5.90. The summed E-state index contributed by atoms with van der Waals surface area (Å²) in [7, 11) is 0. The van der Waals surface area contributed by atoms with Crippen molar-refractivity contribution in [2.45, 2.75) is 33.7 Å². The Bertz CT molecular complexity index is 687. The fourth-order valence-electron chi connectivity index (χ4n) is 1.70. The number of H-pyrrole nitrogens is 1. The van der Waals surface area contributed by atoms with Crippen molar-refractivity contribution in [1.29, 1.82) is 0 Å². The molecule has 0 spiro atoms. The Morgan fingerprint density at radius 3 is 2.80 bits per heavy atom. The highest BCUT2D eigenvalue weighted by atomic mass is 16.2. The molecule has 2 aromatic heterocycles. The number of hydrogen-bond acceptors (Lipinski definition) is 5. The van der Waals surface area contributed by atoms with Gasteiger partial charge in [-0.3, -0.25) is 9.59 Å². The molecular formula is C12H16N6O2. The van der Waals surface area contributed by atoms with E-state index in [1.165, 1.54) is 4.68 Å². The highest BCUT2D eigenvalue weighted by Crippen LogP contribution is 2.07. The van der Waals surface area contributed by atoms with E-state index < -0.39 is 0 Å². The standard InChI is InChI=1S/C12H16N6O2/c1-7-6-10(12(20)13-8(7)2)14-11(19)4-5-18-9(3)15-16-17-18/h6H,4-5H2,1-3H3,(H,13,20)(H,14,19). The Kier molecular flexibility index (Phi) is 3.92. The molecule has 0 aromatic carbocycles. The Morgan fingerprint density at radius 2 is 2.15 bits per heavy atom. The predicted molar refractivity (Wildman–Crippen MR) is 72.3 cm³/mol. The zero-order chi connectivity index (χ0) is 14.7. The molecule has 20 heavy (non-hydrogen) atoms. The Labute approximate surface area is 115 Å². The lowest BCUT2D eigenvalue weighted by Crippen LogP contribution is -2.22. The molecule has 8 nitrogen and oxygen atoms in total. The normalized spacial score (nSPS) is 10.6. The summed E-state index contributed by atoms with van der Waals surface area (Å²) in [6.07, 6.45) is 0.193. The van der Waals surface area contributed by atoms with Gasteiger partial charge in [0.1, 0.15) is 11.5 Å². The van der Waals surface area contributed by atoms with Gasteiger partial charge in [0, 0.05) is 12.1 Å². The number of anilines is 1. The van der Waals surface area contributed by atoms with E-state index >= 15 is 0 Å². The molecule has 0 radical (unpaired) electrons. The summed E-state index contributed by atoms with van der Waals surface area (Å²) in [5.41, 5.74) is 1.65. The fourth-order valence-corrected chi connectivity index (χ4v) is 1.70. The van der Waals surface area contributed by atoms with E-state index in [0.717, 1.165) is 11.3 Å². The van der Waals surface area contributed by atoms with Crippen LogP contribution in [0.1, 0.15) is 23.5 Å². The van der Waals surface area contributed by atoms with E-state index in [9.17, 15) is 9.59 Å². The molecule has 0 aliphatic rings. The van der Waals surface area contributed by atoms with E-state index in [0.29, 0.717) is 12.4 Å². The van der Waals surface area contributed by atoms with Gasteiger partial charge < -0.3 is 10.3 Å². The fraction of sp³-hybridized carbons (Fsp3) is 0.417. The van der Waals surface area contributed by atoms with Gasteiger partial charge in [-0.25, -0.2) is 4.68 Å². The van der Waals surface area contributed by atoms with Gasteiger partial charge in [0.05, 0.1) is 6.54 Å². The van der Waals surface area contributed by atoms with Crippen LogP contribution in [0.2, 0.25) is 0 Å². The minimum atomic E-state index is -0.306. The van der Waals surface area contributed by atoms with Crippen LogP contribution >= 0.6 is 0 Å². The summed E-state index contributed by atoms with van der Waals surface area (Å²) in [5, 5.41) is 13.6. The summed E-state index contributed by atoms with van der Waals surface area (Å²) >= 11 is 0. The minimum absolute atomic E-state index is 0.193. The molecule has 8 heteroatoms. The highest BCUT2D eigenvalue weighted by Gasteiger charge is 2.09. The van der Waals surface area contributed by atoms with Crippen LogP contribution in [0.25, 0.3) is 0 Å². The molecule has 1 amide bonds. The number of aromatic nitrogens is 5. The van der Waals surface area contributed by atoms with Gasteiger partial charge in [-0.2, -0.15) is 0 Å². The van der Waals surface area contributed by atoms with Crippen LogP contribution in [-0.2, 0) is 11.3 Å². The summed E-state index contributed by atoms with van der Waals surface area (Å²) in [4.78, 5) is 26.2. The molecule has 0 saturated carbocycles. The topological polar surface area (TPSA) is 106 Å². The lowest BCUT2D eigenvalue weighted by molar-refractivity contribution is -0.116. The van der Waals surface area contributed by atoms with Gasteiger partial charge in [0.25, 0.3) is 5.56 Å². The second kappa shape index (κ2) is 5.64. The number of aromatic amines is 1. The van der Waals surface area contributed by atoms with Crippen LogP contribution in [0.5, 0.6) is 0 Å². The second-order valence-electron chi connectivity index (χ2n) is 4.57. The minimum Gasteiger partial charge on any atom is -0.324 e. The number of tetrazole rings is 1. The summed E-state index contributed by atoms with van der Waals surface area (Å²) in [5.74, 6) is 0.385. The number of carbonyl (C=O) groups excluding carboxylic acids is 1. The summed E-state index contributed by atoms with van der Waals surface area (Å²) in [6, 6.07) is 1.66. The molecule has 0 saturated heterocycles. The van der Waals surface area contributed by atoms with Crippen molar-refractivity contribution in [3.63, 3.8) is 0 Å². The van der Waals surface area contributed by atoms with Crippen LogP contribution < -0.4 is 10.9 Å². The SMILES string of the molecule is Cc1cc(NC(=O)CCn2nnnc2C)c(=O)[nH]c1C. The zero-order valence-electron chi connectivity index (χ0n) is 11.6. The number of nitrogens with one attached hydrogen (secondary N) is 2. The third-order valence-corrected chi connectivity index (χ3v) is 3.03. The molecule has 0 fully saturated rings. The Balaban J connectivity index is 2.00. The first-order chi connectivity index (χ1) is 9.47. The molecule has 0 aliphatic heterocycles. The largest absolute Gasteiger partial charge is 0.324 e. The average Bonchev–Trinajstić information content (AvgIpc) is 2.79. The Morgan fingerprint density at radius 1 is 1.40 bits per heavy atom. The van der Waals surface area contributed by atoms with Gasteiger partial charge in [-0.1, -0.05) is 0 Å². The molecule has 2 heterocycles. The van der Waals surface area contributed by atoms with E-state index in [-0.39, 0.29) is 23.6 Å². The van der Waals surface area contributed by atoms with Crippen LogP contribution in [0.4, 0.5) is 5.69 Å². The third-order valence-electron chi connectivity index (χ3n) is 3.03. The van der Waals surface area contributed by atoms with Crippen LogP contribution in [-0.4, -0.2) is 31.1 Å². The van der Waals surface area contributed by atoms with Crippen molar-refractivity contribution < 1.29 is 4.79 Å². The first-order valence-electron chi connectivity index (χ1n) is 6.20. The lowest BCUT2D eigenvalue weighted by Gasteiger charge is -2.07. The number of nitrogens with zero attached hydrogens (tertiary/aromatic N) is 4. The molecule has 2 rings (SSSR count). The van der Waals surface area contributed by atoms with Gasteiger partial charge in [-0.05, 0) is 42.8 Å². The second-order valence-corrected chi connectivity index (χ2v) is 4.57. The maximum atomic E-state index is 11.8. The van der Waals surface area contributed by atoms with Crippen molar-refractivity contribution >= 4 is 11.6 Å². The van der Waals surface area contributed by atoms with Crippen LogP contribution in [0, 0.1) is 20.8 Å². The smallest absolute Gasteiger partial charge is 0.271 e. The maximum Gasteiger partial charge on any atom is 0.271 e.